The van der Waals surface area contributed by atoms with Crippen LogP contribution < -0.4 is 4.90 Å². The minimum atomic E-state index is -0.137. The summed E-state index contributed by atoms with van der Waals surface area (Å²) in [5.74, 6) is 0.0967. The minimum Gasteiger partial charge on any atom is -0.274 e. The van der Waals surface area contributed by atoms with Gasteiger partial charge in [0.25, 0.3) is 0 Å². The molecule has 0 aromatic carbocycles. The van der Waals surface area contributed by atoms with Crippen molar-refractivity contribution in [2.45, 2.75) is 65.2 Å². The lowest BCUT2D eigenvalue weighted by atomic mass is 9.80. The standard InChI is InChI=1S/C18H27N3O2/c1-3-5-6-7-8-14(4-2)16-9-10-17(22)21(18(16)23)15-11-19-13-20-12-15/h11-14,16H,3-10H2,1-2H3. The Morgan fingerprint density at radius 1 is 1.17 bits per heavy atom. The van der Waals surface area contributed by atoms with E-state index in [2.05, 4.69) is 23.8 Å². The number of carbonyl (C=O) groups is 2. The van der Waals surface area contributed by atoms with Gasteiger partial charge < -0.3 is 0 Å². The summed E-state index contributed by atoms with van der Waals surface area (Å²) in [5, 5.41) is 0. The van der Waals surface area contributed by atoms with E-state index in [0.717, 1.165) is 12.8 Å². The van der Waals surface area contributed by atoms with E-state index in [0.29, 0.717) is 24.4 Å². The SMILES string of the molecule is CCCCCCC(CC)C1CCC(=O)N(c2cncnc2)C1=O. The van der Waals surface area contributed by atoms with Gasteiger partial charge >= 0.3 is 0 Å². The van der Waals surface area contributed by atoms with Crippen molar-refractivity contribution in [3.8, 4) is 0 Å². The van der Waals surface area contributed by atoms with Crippen LogP contribution in [0.4, 0.5) is 5.69 Å². The molecule has 2 unspecified atom stereocenters. The molecule has 2 atom stereocenters. The largest absolute Gasteiger partial charge is 0.274 e. The van der Waals surface area contributed by atoms with Crippen LogP contribution in [0.15, 0.2) is 18.7 Å². The Labute approximate surface area is 138 Å². The normalized spacial score (nSPS) is 19.9. The maximum Gasteiger partial charge on any atom is 0.237 e. The van der Waals surface area contributed by atoms with Gasteiger partial charge in [-0.05, 0) is 18.8 Å². The van der Waals surface area contributed by atoms with Crippen LogP contribution in [-0.4, -0.2) is 21.8 Å². The number of hydrogen-bond donors (Lipinski definition) is 0. The van der Waals surface area contributed by atoms with Crippen LogP contribution in [0.3, 0.4) is 0 Å². The van der Waals surface area contributed by atoms with E-state index in [-0.39, 0.29) is 17.7 Å². The number of carbonyl (C=O) groups excluding carboxylic acids is 2. The Morgan fingerprint density at radius 3 is 2.57 bits per heavy atom. The van der Waals surface area contributed by atoms with Crippen LogP contribution >= 0.6 is 0 Å². The van der Waals surface area contributed by atoms with Gasteiger partial charge in [0.2, 0.25) is 11.8 Å². The summed E-state index contributed by atoms with van der Waals surface area (Å²) in [5.41, 5.74) is 0.494. The molecule has 1 aliphatic rings. The van der Waals surface area contributed by atoms with Crippen LogP contribution in [0.25, 0.3) is 0 Å². The first-order valence-corrected chi connectivity index (χ1v) is 8.80. The van der Waals surface area contributed by atoms with Crippen molar-refractivity contribution in [3.63, 3.8) is 0 Å². The molecule has 5 heteroatoms. The summed E-state index contributed by atoms with van der Waals surface area (Å²) in [6.45, 7) is 4.34. The molecule has 0 radical (unpaired) electrons. The van der Waals surface area contributed by atoms with Crippen LogP contribution in [0.5, 0.6) is 0 Å². The monoisotopic (exact) mass is 317 g/mol. The molecule has 0 spiro atoms. The van der Waals surface area contributed by atoms with Crippen molar-refractivity contribution >= 4 is 17.5 Å². The van der Waals surface area contributed by atoms with Crippen molar-refractivity contribution in [2.75, 3.05) is 4.90 Å². The highest BCUT2D eigenvalue weighted by molar-refractivity contribution is 6.17. The van der Waals surface area contributed by atoms with Crippen molar-refractivity contribution in [3.05, 3.63) is 18.7 Å². The van der Waals surface area contributed by atoms with Crippen LogP contribution in [0.1, 0.15) is 65.2 Å². The number of aromatic nitrogens is 2. The number of hydrogen-bond acceptors (Lipinski definition) is 4. The Morgan fingerprint density at radius 2 is 1.91 bits per heavy atom. The molecule has 1 aliphatic heterocycles. The van der Waals surface area contributed by atoms with E-state index in [1.54, 1.807) is 0 Å². The van der Waals surface area contributed by atoms with Crippen molar-refractivity contribution in [2.24, 2.45) is 11.8 Å². The van der Waals surface area contributed by atoms with Gasteiger partial charge in [0.1, 0.15) is 6.33 Å². The third-order valence-electron chi connectivity index (χ3n) is 4.78. The molecule has 23 heavy (non-hydrogen) atoms. The van der Waals surface area contributed by atoms with Gasteiger partial charge in [-0.2, -0.15) is 0 Å². The van der Waals surface area contributed by atoms with Gasteiger partial charge in [-0.3, -0.25) is 9.59 Å². The molecule has 0 aliphatic carbocycles. The molecular formula is C18H27N3O2. The number of imide groups is 1. The second-order valence-electron chi connectivity index (χ2n) is 6.33. The first-order valence-electron chi connectivity index (χ1n) is 8.80. The maximum absolute atomic E-state index is 12.9. The third kappa shape index (κ3) is 4.36. The molecule has 0 saturated carbocycles. The van der Waals surface area contributed by atoms with Crippen molar-refractivity contribution < 1.29 is 9.59 Å². The predicted molar refractivity (Wildman–Crippen MR) is 89.8 cm³/mol. The first kappa shape index (κ1) is 17.6. The molecule has 2 rings (SSSR count). The zero-order valence-electron chi connectivity index (χ0n) is 14.2. The summed E-state index contributed by atoms with van der Waals surface area (Å²) in [4.78, 5) is 34.2. The molecule has 2 heterocycles. The van der Waals surface area contributed by atoms with Crippen LogP contribution in [0, 0.1) is 11.8 Å². The quantitative estimate of drug-likeness (QED) is 0.541. The van der Waals surface area contributed by atoms with Gasteiger partial charge in [0.05, 0.1) is 18.1 Å². The number of piperidine rings is 1. The Hall–Kier alpha value is -1.78. The summed E-state index contributed by atoms with van der Waals surface area (Å²) in [7, 11) is 0. The molecule has 2 amide bonds. The number of nitrogens with zero attached hydrogens (tertiary/aromatic N) is 3. The molecule has 1 fully saturated rings. The Balaban J connectivity index is 2.07. The summed E-state index contributed by atoms with van der Waals surface area (Å²) in [6.07, 6.45) is 12.5. The number of anilines is 1. The smallest absolute Gasteiger partial charge is 0.237 e. The lowest BCUT2D eigenvalue weighted by Gasteiger charge is -2.34. The fraction of sp³-hybridized carbons (Fsp3) is 0.667. The molecule has 1 aromatic heterocycles. The average Bonchev–Trinajstić information content (AvgIpc) is 2.57. The van der Waals surface area contributed by atoms with Crippen LogP contribution in [-0.2, 0) is 9.59 Å². The lowest BCUT2D eigenvalue weighted by Crippen LogP contribution is -2.47. The fourth-order valence-corrected chi connectivity index (χ4v) is 3.44. The van der Waals surface area contributed by atoms with E-state index in [1.807, 2.05) is 0 Å². The van der Waals surface area contributed by atoms with E-state index < -0.39 is 0 Å². The Kier molecular flexibility index (Phi) is 6.68. The molecule has 5 nitrogen and oxygen atoms in total. The molecule has 0 bridgehead atoms. The lowest BCUT2D eigenvalue weighted by molar-refractivity contribution is -0.133. The minimum absolute atomic E-state index is 0.0560. The zero-order chi connectivity index (χ0) is 16.7. The molecule has 0 N–H and O–H groups in total. The average molecular weight is 317 g/mol. The summed E-state index contributed by atoms with van der Waals surface area (Å²) >= 11 is 0. The van der Waals surface area contributed by atoms with Crippen molar-refractivity contribution in [1.82, 2.24) is 9.97 Å². The molecular weight excluding hydrogens is 290 g/mol. The number of rotatable bonds is 8. The van der Waals surface area contributed by atoms with Crippen LogP contribution in [0.2, 0.25) is 0 Å². The molecule has 1 aromatic rings. The van der Waals surface area contributed by atoms with Gasteiger partial charge in [-0.1, -0.05) is 46.0 Å². The summed E-state index contributed by atoms with van der Waals surface area (Å²) in [6, 6.07) is 0. The van der Waals surface area contributed by atoms with E-state index >= 15 is 0 Å². The second-order valence-corrected chi connectivity index (χ2v) is 6.33. The third-order valence-corrected chi connectivity index (χ3v) is 4.78. The first-order chi connectivity index (χ1) is 11.2. The summed E-state index contributed by atoms with van der Waals surface area (Å²) < 4.78 is 0. The topological polar surface area (TPSA) is 63.2 Å². The van der Waals surface area contributed by atoms with E-state index in [1.165, 1.54) is 49.3 Å². The maximum atomic E-state index is 12.9. The van der Waals surface area contributed by atoms with Gasteiger partial charge in [0, 0.05) is 12.3 Å². The zero-order valence-corrected chi connectivity index (χ0v) is 14.2. The number of amides is 2. The Bertz CT molecular complexity index is 518. The molecule has 1 saturated heterocycles. The van der Waals surface area contributed by atoms with E-state index in [4.69, 9.17) is 0 Å². The highest BCUT2D eigenvalue weighted by atomic mass is 16.2. The van der Waals surface area contributed by atoms with Gasteiger partial charge in [0.15, 0.2) is 0 Å². The highest BCUT2D eigenvalue weighted by Gasteiger charge is 2.38. The van der Waals surface area contributed by atoms with Crippen molar-refractivity contribution in [1.29, 1.82) is 0 Å². The second kappa shape index (κ2) is 8.75. The van der Waals surface area contributed by atoms with E-state index in [9.17, 15) is 9.59 Å². The predicted octanol–water partition coefficient (Wildman–Crippen LogP) is 3.74. The number of unbranched alkanes of at least 4 members (excludes halogenated alkanes) is 3. The fourth-order valence-electron chi connectivity index (χ4n) is 3.44. The van der Waals surface area contributed by atoms with Gasteiger partial charge in [-0.15, -0.1) is 0 Å². The molecule has 126 valence electrons. The highest BCUT2D eigenvalue weighted by Crippen LogP contribution is 2.33. The van der Waals surface area contributed by atoms with Gasteiger partial charge in [-0.25, -0.2) is 14.9 Å².